The van der Waals surface area contributed by atoms with Crippen LogP contribution in [0.2, 0.25) is 0 Å². The van der Waals surface area contributed by atoms with Gasteiger partial charge in [0.15, 0.2) is 0 Å². The van der Waals surface area contributed by atoms with Crippen molar-refractivity contribution >= 4 is 17.3 Å². The third-order valence-corrected chi connectivity index (χ3v) is 4.73. The summed E-state index contributed by atoms with van der Waals surface area (Å²) in [5.74, 6) is 1.38. The van der Waals surface area contributed by atoms with E-state index in [-0.39, 0.29) is 0 Å². The smallest absolute Gasteiger partial charge is 0.227 e. The number of nitrogens with zero attached hydrogens (tertiary/aromatic N) is 4. The highest BCUT2D eigenvalue weighted by molar-refractivity contribution is 5.68. The molecule has 1 saturated heterocycles. The summed E-state index contributed by atoms with van der Waals surface area (Å²) in [7, 11) is 2.15. The lowest BCUT2D eigenvalue weighted by atomic mass is 10.1. The summed E-state index contributed by atoms with van der Waals surface area (Å²) in [5, 5.41) is 3.18. The molecule has 1 aromatic heterocycles. The summed E-state index contributed by atoms with van der Waals surface area (Å²) in [4.78, 5) is 13.2. The van der Waals surface area contributed by atoms with Crippen LogP contribution in [0.15, 0.2) is 30.6 Å². The molecular formula is C18H22FN5O. The van der Waals surface area contributed by atoms with Crippen LogP contribution in [0, 0.1) is 0 Å². The second kappa shape index (κ2) is 6.84. The van der Waals surface area contributed by atoms with Crippen molar-refractivity contribution in [3.8, 4) is 5.75 Å². The van der Waals surface area contributed by atoms with Crippen LogP contribution >= 0.6 is 0 Å². The van der Waals surface area contributed by atoms with Gasteiger partial charge in [0.2, 0.25) is 5.95 Å². The first-order valence-electron chi connectivity index (χ1n) is 8.59. The van der Waals surface area contributed by atoms with Crippen molar-refractivity contribution in [3.05, 3.63) is 36.2 Å². The van der Waals surface area contributed by atoms with Gasteiger partial charge in [-0.05, 0) is 24.7 Å². The summed E-state index contributed by atoms with van der Waals surface area (Å²) in [6, 6.07) is 6.51. The molecule has 132 valence electrons. The Morgan fingerprint density at radius 3 is 2.92 bits per heavy atom. The minimum atomic E-state index is -0.397. The number of rotatable bonds is 4. The van der Waals surface area contributed by atoms with Crippen LogP contribution in [0.5, 0.6) is 5.75 Å². The fourth-order valence-electron chi connectivity index (χ4n) is 3.39. The summed E-state index contributed by atoms with van der Waals surface area (Å²) in [6.45, 7) is 3.41. The molecule has 6 nitrogen and oxygen atoms in total. The molecule has 25 heavy (non-hydrogen) atoms. The van der Waals surface area contributed by atoms with Crippen LogP contribution in [-0.2, 0) is 6.42 Å². The Kier molecular flexibility index (Phi) is 4.40. The van der Waals surface area contributed by atoms with Gasteiger partial charge in [0.1, 0.15) is 12.4 Å². The number of fused-ring (bicyclic) bond motifs is 3. The molecule has 0 aliphatic carbocycles. The Morgan fingerprint density at radius 2 is 2.12 bits per heavy atom. The Hall–Kier alpha value is -2.41. The Balaban J connectivity index is 1.50. The van der Waals surface area contributed by atoms with Gasteiger partial charge in [0, 0.05) is 50.2 Å². The van der Waals surface area contributed by atoms with Crippen LogP contribution in [0.1, 0.15) is 5.56 Å². The zero-order valence-electron chi connectivity index (χ0n) is 14.3. The van der Waals surface area contributed by atoms with Crippen molar-refractivity contribution in [2.24, 2.45) is 0 Å². The molecule has 0 radical (unpaired) electrons. The maximum atomic E-state index is 12.3. The molecule has 0 spiro atoms. The van der Waals surface area contributed by atoms with Gasteiger partial charge in [0.25, 0.3) is 0 Å². The molecule has 0 amide bonds. The highest BCUT2D eigenvalue weighted by atomic mass is 19.1. The van der Waals surface area contributed by atoms with Gasteiger partial charge >= 0.3 is 0 Å². The van der Waals surface area contributed by atoms with Crippen molar-refractivity contribution in [1.82, 2.24) is 14.9 Å². The zero-order chi connectivity index (χ0) is 17.2. The topological polar surface area (TPSA) is 53.5 Å². The van der Waals surface area contributed by atoms with Crippen LogP contribution in [0.25, 0.3) is 0 Å². The summed E-state index contributed by atoms with van der Waals surface area (Å²) in [5.41, 5.74) is 2.82. The molecule has 2 aliphatic heterocycles. The van der Waals surface area contributed by atoms with E-state index in [0.717, 1.165) is 42.3 Å². The second-order valence-electron chi connectivity index (χ2n) is 6.58. The van der Waals surface area contributed by atoms with Gasteiger partial charge in [0.05, 0.1) is 18.4 Å². The van der Waals surface area contributed by atoms with Crippen LogP contribution in [-0.4, -0.2) is 60.9 Å². The first kappa shape index (κ1) is 16.1. The first-order valence-corrected chi connectivity index (χ1v) is 8.59. The van der Waals surface area contributed by atoms with Crippen LogP contribution in [0.4, 0.5) is 21.7 Å². The largest absolute Gasteiger partial charge is 0.489 e. The number of benzene rings is 1. The van der Waals surface area contributed by atoms with E-state index in [9.17, 15) is 4.39 Å². The predicted octanol–water partition coefficient (Wildman–Crippen LogP) is 2.25. The fraction of sp³-hybridized carbons (Fsp3) is 0.444. The molecule has 1 atom stereocenters. The number of alkyl halides is 1. The number of hydrogen-bond donors (Lipinski definition) is 1. The quantitative estimate of drug-likeness (QED) is 0.919. The van der Waals surface area contributed by atoms with E-state index in [1.54, 1.807) is 12.4 Å². The zero-order valence-corrected chi connectivity index (χ0v) is 14.3. The number of anilines is 3. The fourth-order valence-corrected chi connectivity index (χ4v) is 3.39. The standard InChI is InChI=1S/C18H22FN5O/c1-23-6-7-24-15(11-23)12-25-17-8-14(2-3-16(17)24)22-18-20-9-13(4-5-19)10-21-18/h2-3,8-10,15H,4-7,11-12H2,1H3,(H,20,21,22)/t15-/m1/s1. The van der Waals surface area contributed by atoms with Gasteiger partial charge in [-0.25, -0.2) is 9.97 Å². The number of piperazine rings is 1. The molecule has 1 fully saturated rings. The van der Waals surface area contributed by atoms with E-state index in [1.165, 1.54) is 0 Å². The van der Waals surface area contributed by atoms with Crippen molar-refractivity contribution < 1.29 is 9.13 Å². The van der Waals surface area contributed by atoms with Crippen molar-refractivity contribution in [2.75, 3.05) is 50.2 Å². The van der Waals surface area contributed by atoms with Crippen molar-refractivity contribution in [2.45, 2.75) is 12.5 Å². The number of hydrogen-bond acceptors (Lipinski definition) is 6. The third-order valence-electron chi connectivity index (χ3n) is 4.73. The molecule has 7 heteroatoms. The molecule has 0 saturated carbocycles. The summed E-state index contributed by atoms with van der Waals surface area (Å²) in [6.07, 6.45) is 3.65. The number of aromatic nitrogens is 2. The molecule has 1 N–H and O–H groups in total. The van der Waals surface area contributed by atoms with E-state index in [1.807, 2.05) is 12.1 Å². The first-order chi connectivity index (χ1) is 12.2. The lowest BCUT2D eigenvalue weighted by Crippen LogP contribution is -2.56. The SMILES string of the molecule is CN1CCN2c3ccc(Nc4ncc(CCF)cn4)cc3OC[C@H]2C1. The average Bonchev–Trinajstić information content (AvgIpc) is 2.63. The second-order valence-corrected chi connectivity index (χ2v) is 6.58. The monoisotopic (exact) mass is 343 g/mol. The molecule has 2 aromatic rings. The number of nitrogens with one attached hydrogen (secondary N) is 1. The molecule has 1 aromatic carbocycles. The molecule has 2 aliphatic rings. The van der Waals surface area contributed by atoms with E-state index in [2.05, 4.69) is 38.2 Å². The van der Waals surface area contributed by atoms with Gasteiger partial charge < -0.3 is 19.9 Å². The van der Waals surface area contributed by atoms with E-state index >= 15 is 0 Å². The predicted molar refractivity (Wildman–Crippen MR) is 95.6 cm³/mol. The molecule has 0 bridgehead atoms. The van der Waals surface area contributed by atoms with E-state index in [4.69, 9.17) is 4.74 Å². The third kappa shape index (κ3) is 3.37. The summed E-state index contributed by atoms with van der Waals surface area (Å²) >= 11 is 0. The lowest BCUT2D eigenvalue weighted by Gasteiger charge is -2.44. The number of aryl methyl sites for hydroxylation is 1. The molecule has 4 rings (SSSR count). The van der Waals surface area contributed by atoms with Gasteiger partial charge in [-0.1, -0.05) is 0 Å². The number of ether oxygens (including phenoxy) is 1. The highest BCUT2D eigenvalue weighted by Gasteiger charge is 2.31. The molecule has 0 unspecified atom stereocenters. The summed E-state index contributed by atoms with van der Waals surface area (Å²) < 4.78 is 18.3. The van der Waals surface area contributed by atoms with E-state index < -0.39 is 6.67 Å². The van der Waals surface area contributed by atoms with Gasteiger partial charge in [-0.15, -0.1) is 0 Å². The number of likely N-dealkylation sites (N-methyl/N-ethyl adjacent to an activating group) is 1. The number of halogens is 1. The van der Waals surface area contributed by atoms with E-state index in [0.29, 0.717) is 25.0 Å². The highest BCUT2D eigenvalue weighted by Crippen LogP contribution is 2.37. The van der Waals surface area contributed by atoms with Crippen molar-refractivity contribution in [1.29, 1.82) is 0 Å². The van der Waals surface area contributed by atoms with Crippen LogP contribution in [0.3, 0.4) is 0 Å². The minimum absolute atomic E-state index is 0.346. The Bertz CT molecular complexity index is 739. The maximum Gasteiger partial charge on any atom is 0.227 e. The van der Waals surface area contributed by atoms with Gasteiger partial charge in [-0.2, -0.15) is 0 Å². The minimum Gasteiger partial charge on any atom is -0.489 e. The van der Waals surface area contributed by atoms with Crippen molar-refractivity contribution in [3.63, 3.8) is 0 Å². The lowest BCUT2D eigenvalue weighted by molar-refractivity contribution is 0.188. The van der Waals surface area contributed by atoms with Gasteiger partial charge in [-0.3, -0.25) is 4.39 Å². The Morgan fingerprint density at radius 1 is 1.28 bits per heavy atom. The maximum absolute atomic E-state index is 12.3. The average molecular weight is 343 g/mol. The normalized spacial score (nSPS) is 19.8. The van der Waals surface area contributed by atoms with Crippen LogP contribution < -0.4 is 15.0 Å². The molecule has 3 heterocycles. The Labute approximate surface area is 146 Å². The molecular weight excluding hydrogens is 321 g/mol.